The zero-order valence-corrected chi connectivity index (χ0v) is 21.4. The van der Waals surface area contributed by atoms with Gasteiger partial charge >= 0.3 is 17.9 Å². The molecule has 0 aliphatic rings. The Balaban J connectivity index is 1.72. The molecule has 0 bridgehead atoms. The summed E-state index contributed by atoms with van der Waals surface area (Å²) in [7, 11) is 0. The molecule has 0 spiro atoms. The van der Waals surface area contributed by atoms with Crippen molar-refractivity contribution in [1.29, 1.82) is 0 Å². The molecule has 7 heteroatoms. The highest BCUT2D eigenvalue weighted by Crippen LogP contribution is 2.21. The number of hydrogen-bond acceptors (Lipinski definition) is 6. The second-order valence-electron chi connectivity index (χ2n) is 8.68. The average Bonchev–Trinajstić information content (AvgIpc) is 2.85. The van der Waals surface area contributed by atoms with Gasteiger partial charge in [-0.2, -0.15) is 0 Å². The molecular formula is C29H37FO6. The smallest absolute Gasteiger partial charge is 0.346 e. The molecule has 0 saturated carbocycles. The van der Waals surface area contributed by atoms with Gasteiger partial charge in [0.25, 0.3) is 0 Å². The zero-order chi connectivity index (χ0) is 26.2. The molecule has 0 aliphatic carbocycles. The van der Waals surface area contributed by atoms with E-state index in [-0.39, 0.29) is 30.1 Å². The first-order chi connectivity index (χ1) is 17.4. The maximum atomic E-state index is 14.5. The van der Waals surface area contributed by atoms with E-state index in [9.17, 15) is 18.8 Å². The van der Waals surface area contributed by atoms with Gasteiger partial charge < -0.3 is 14.2 Å². The maximum Gasteiger partial charge on any atom is 0.346 e. The first kappa shape index (κ1) is 29.0. The molecule has 0 aromatic heterocycles. The molecule has 6 nitrogen and oxygen atoms in total. The molecule has 0 saturated heterocycles. The summed E-state index contributed by atoms with van der Waals surface area (Å²) in [5.41, 5.74) is 0.0192. The molecule has 0 N–H and O–H groups in total. The Morgan fingerprint density at radius 3 is 1.86 bits per heavy atom. The lowest BCUT2D eigenvalue weighted by Gasteiger charge is -2.08. The van der Waals surface area contributed by atoms with Gasteiger partial charge in [0.1, 0.15) is 17.3 Å². The summed E-state index contributed by atoms with van der Waals surface area (Å²) in [5, 5.41) is 0. The monoisotopic (exact) mass is 500 g/mol. The highest BCUT2D eigenvalue weighted by atomic mass is 19.1. The van der Waals surface area contributed by atoms with Crippen LogP contribution in [-0.4, -0.2) is 24.5 Å². The molecule has 0 radical (unpaired) electrons. The van der Waals surface area contributed by atoms with E-state index < -0.39 is 23.7 Å². The van der Waals surface area contributed by atoms with Crippen LogP contribution in [0.2, 0.25) is 0 Å². The van der Waals surface area contributed by atoms with Crippen LogP contribution in [0.1, 0.15) is 105 Å². The molecule has 0 unspecified atom stereocenters. The molecule has 2 rings (SSSR count). The summed E-state index contributed by atoms with van der Waals surface area (Å²) >= 11 is 0. The number of unbranched alkanes of at least 4 members (excludes halogenated alkanes) is 9. The molecule has 0 fully saturated rings. The van der Waals surface area contributed by atoms with Crippen LogP contribution in [0.25, 0.3) is 0 Å². The Morgan fingerprint density at radius 2 is 1.28 bits per heavy atom. The third kappa shape index (κ3) is 10.6. The SMILES string of the molecule is CCCCCCCCCCCCC(=O)Oc1ccc(C(=O)Oc2ccc(C(=O)OCC)cc2)c(F)c1. The molecule has 36 heavy (non-hydrogen) atoms. The van der Waals surface area contributed by atoms with Gasteiger partial charge in [0, 0.05) is 12.5 Å². The predicted molar refractivity (Wildman–Crippen MR) is 136 cm³/mol. The van der Waals surface area contributed by atoms with E-state index >= 15 is 0 Å². The van der Waals surface area contributed by atoms with Crippen LogP contribution >= 0.6 is 0 Å². The van der Waals surface area contributed by atoms with Gasteiger partial charge in [-0.1, -0.05) is 64.7 Å². The largest absolute Gasteiger partial charge is 0.462 e. The molecular weight excluding hydrogens is 463 g/mol. The lowest BCUT2D eigenvalue weighted by Crippen LogP contribution is -2.12. The van der Waals surface area contributed by atoms with E-state index in [1.165, 1.54) is 81.3 Å². The molecule has 2 aromatic rings. The first-order valence-electron chi connectivity index (χ1n) is 12.9. The molecule has 2 aromatic carbocycles. The van der Waals surface area contributed by atoms with E-state index in [0.717, 1.165) is 25.3 Å². The Kier molecular flexibility index (Phi) is 13.3. The number of carbonyl (C=O) groups excluding carboxylic acids is 3. The molecule has 196 valence electrons. The Labute approximate surface area is 213 Å². The van der Waals surface area contributed by atoms with E-state index in [0.29, 0.717) is 5.56 Å². The van der Waals surface area contributed by atoms with E-state index in [2.05, 4.69) is 6.92 Å². The number of ether oxygens (including phenoxy) is 3. The van der Waals surface area contributed by atoms with Crippen LogP contribution in [0.4, 0.5) is 4.39 Å². The number of benzene rings is 2. The van der Waals surface area contributed by atoms with Crippen LogP contribution in [0.15, 0.2) is 42.5 Å². The number of esters is 3. The van der Waals surface area contributed by atoms with Crippen molar-refractivity contribution in [3.63, 3.8) is 0 Å². The van der Waals surface area contributed by atoms with E-state index in [1.54, 1.807) is 6.92 Å². The van der Waals surface area contributed by atoms with Gasteiger partial charge in [-0.05, 0) is 49.7 Å². The fraction of sp³-hybridized carbons (Fsp3) is 0.483. The van der Waals surface area contributed by atoms with Gasteiger partial charge in [0.2, 0.25) is 0 Å². The van der Waals surface area contributed by atoms with Crippen molar-refractivity contribution >= 4 is 17.9 Å². The highest BCUT2D eigenvalue weighted by molar-refractivity contribution is 5.92. The fourth-order valence-electron chi connectivity index (χ4n) is 3.70. The quantitative estimate of drug-likeness (QED) is 0.135. The number of hydrogen-bond donors (Lipinski definition) is 0. The van der Waals surface area contributed by atoms with Gasteiger partial charge in [-0.15, -0.1) is 0 Å². The molecule has 0 atom stereocenters. The van der Waals surface area contributed by atoms with Gasteiger partial charge in [-0.25, -0.2) is 14.0 Å². The maximum absolute atomic E-state index is 14.5. The van der Waals surface area contributed by atoms with Crippen molar-refractivity contribution < 1.29 is 33.0 Å². The van der Waals surface area contributed by atoms with Gasteiger partial charge in [0.05, 0.1) is 17.7 Å². The van der Waals surface area contributed by atoms with Crippen LogP contribution in [0.5, 0.6) is 11.5 Å². The van der Waals surface area contributed by atoms with E-state index in [4.69, 9.17) is 14.2 Å². The molecule has 0 amide bonds. The van der Waals surface area contributed by atoms with Crippen molar-refractivity contribution in [2.24, 2.45) is 0 Å². The van der Waals surface area contributed by atoms with Crippen molar-refractivity contribution in [2.45, 2.75) is 84.5 Å². The Morgan fingerprint density at radius 1 is 0.694 bits per heavy atom. The van der Waals surface area contributed by atoms with Gasteiger partial charge in [-0.3, -0.25) is 4.79 Å². The molecule has 0 aliphatic heterocycles. The summed E-state index contributed by atoms with van der Waals surface area (Å²) in [6, 6.07) is 9.32. The van der Waals surface area contributed by atoms with Gasteiger partial charge in [0.15, 0.2) is 0 Å². The predicted octanol–water partition coefficient (Wildman–Crippen LogP) is 7.44. The van der Waals surface area contributed by atoms with Crippen LogP contribution in [-0.2, 0) is 9.53 Å². The zero-order valence-electron chi connectivity index (χ0n) is 21.4. The minimum Gasteiger partial charge on any atom is -0.462 e. The van der Waals surface area contributed by atoms with Crippen LogP contribution in [0, 0.1) is 5.82 Å². The molecule has 0 heterocycles. The summed E-state index contributed by atoms with van der Waals surface area (Å²) in [6.45, 7) is 4.17. The third-order valence-electron chi connectivity index (χ3n) is 5.70. The minimum absolute atomic E-state index is 0.0416. The van der Waals surface area contributed by atoms with Crippen molar-refractivity contribution in [2.75, 3.05) is 6.61 Å². The number of halogens is 1. The van der Waals surface area contributed by atoms with Crippen molar-refractivity contribution in [1.82, 2.24) is 0 Å². The summed E-state index contributed by atoms with van der Waals surface area (Å²) < 4.78 is 29.8. The fourth-order valence-corrected chi connectivity index (χ4v) is 3.70. The second-order valence-corrected chi connectivity index (χ2v) is 8.68. The summed E-state index contributed by atoms with van der Waals surface area (Å²) in [6.07, 6.45) is 11.9. The standard InChI is InChI=1S/C29H37FO6/c1-3-5-6-7-8-9-10-11-12-13-14-27(31)35-24-19-20-25(26(30)21-24)29(33)36-23-17-15-22(16-18-23)28(32)34-4-2/h15-21H,3-14H2,1-2H3. The number of rotatable bonds is 16. The minimum atomic E-state index is -0.903. The summed E-state index contributed by atoms with van der Waals surface area (Å²) in [5.74, 6) is -2.47. The Hall–Kier alpha value is -3.22. The van der Waals surface area contributed by atoms with E-state index in [1.807, 2.05) is 0 Å². The third-order valence-corrected chi connectivity index (χ3v) is 5.70. The average molecular weight is 501 g/mol. The summed E-state index contributed by atoms with van der Waals surface area (Å²) in [4.78, 5) is 36.1. The van der Waals surface area contributed by atoms with Crippen LogP contribution in [0.3, 0.4) is 0 Å². The first-order valence-corrected chi connectivity index (χ1v) is 12.9. The van der Waals surface area contributed by atoms with Crippen molar-refractivity contribution in [3.8, 4) is 11.5 Å². The topological polar surface area (TPSA) is 78.9 Å². The number of carbonyl (C=O) groups is 3. The second kappa shape index (κ2) is 16.5. The highest BCUT2D eigenvalue weighted by Gasteiger charge is 2.17. The van der Waals surface area contributed by atoms with Crippen LogP contribution < -0.4 is 9.47 Å². The lowest BCUT2D eigenvalue weighted by molar-refractivity contribution is -0.134. The normalized spacial score (nSPS) is 10.6. The van der Waals surface area contributed by atoms with Crippen molar-refractivity contribution in [3.05, 3.63) is 59.4 Å². The Bertz CT molecular complexity index is 970. The lowest BCUT2D eigenvalue weighted by atomic mass is 10.1.